The Kier molecular flexibility index (Phi) is 8.15. The zero-order valence-corrected chi connectivity index (χ0v) is 32.2. The Morgan fingerprint density at radius 1 is 0.930 bits per heavy atom. The van der Waals surface area contributed by atoms with Gasteiger partial charge in [0, 0.05) is 41.9 Å². The van der Waals surface area contributed by atoms with Crippen LogP contribution in [-0.2, 0) is 20.2 Å². The van der Waals surface area contributed by atoms with Crippen molar-refractivity contribution in [3.05, 3.63) is 83.6 Å². The lowest BCUT2D eigenvalue weighted by molar-refractivity contribution is -0.136. The molecule has 4 heterocycles. The molecule has 2 saturated heterocycles. The van der Waals surface area contributed by atoms with Crippen molar-refractivity contribution in [2.45, 2.75) is 82.8 Å². The van der Waals surface area contributed by atoms with E-state index in [2.05, 4.69) is 38.8 Å². The third kappa shape index (κ3) is 5.91. The van der Waals surface area contributed by atoms with E-state index < -0.39 is 12.0 Å². The highest BCUT2D eigenvalue weighted by Gasteiger charge is 2.54. The number of likely N-dealkylation sites (tertiary alicyclic amines) is 2. The average Bonchev–Trinajstić information content (AvgIpc) is 3.85. The quantitative estimate of drug-likeness (QED) is 0.145. The second-order valence-corrected chi connectivity index (χ2v) is 17.3. The minimum Gasteiger partial charge on any atom is -0.453 e. The maximum Gasteiger partial charge on any atom is 0.407 e. The fourth-order valence-corrected chi connectivity index (χ4v) is 10.1. The number of aromatic amines is 2. The SMILES string of the molecule is COC(=O)NCC(=O)N1CC2(CC2)C[C@H]1c1nc(-c2ccc3c(c2)C(F)(F)c2cc(-c4ccc5nc([C@@H]6[C@H]7CC[C@H](C7)N6C(=O)CC(C)C)[nH]c5c4)ccc2-3)c[nH]1. The number of hydrogen-bond acceptors (Lipinski definition) is 6. The van der Waals surface area contributed by atoms with E-state index in [0.717, 1.165) is 60.9 Å². The molecule has 13 heteroatoms. The van der Waals surface area contributed by atoms with Crippen LogP contribution >= 0.6 is 0 Å². The van der Waals surface area contributed by atoms with Crippen LogP contribution in [0.3, 0.4) is 0 Å². The van der Waals surface area contributed by atoms with Gasteiger partial charge in [0.25, 0.3) is 5.92 Å². The fraction of sp³-hybridized carbons (Fsp3) is 0.432. The van der Waals surface area contributed by atoms with Gasteiger partial charge >= 0.3 is 6.09 Å². The predicted molar refractivity (Wildman–Crippen MR) is 209 cm³/mol. The topological polar surface area (TPSA) is 136 Å². The van der Waals surface area contributed by atoms with Crippen molar-refractivity contribution in [2.75, 3.05) is 20.2 Å². The third-order valence-corrected chi connectivity index (χ3v) is 13.1. The number of fused-ring (bicyclic) bond motifs is 6. The monoisotopic (exact) mass is 773 g/mol. The molecule has 0 radical (unpaired) electrons. The third-order valence-electron chi connectivity index (χ3n) is 13.1. The molecule has 4 atom stereocenters. The first-order valence-corrected chi connectivity index (χ1v) is 20.1. The van der Waals surface area contributed by atoms with E-state index in [1.54, 1.807) is 29.3 Å². The standard InChI is InChI=1S/C44H45F2N7O4/c1-23(2)14-37(54)53-28-8-4-27(15-28)39(53)41-49-33-11-7-25(18-34(33)50-41)24-5-9-29-30-10-6-26(17-32(30)44(45,46)31(29)16-24)35-20-47-40(51-35)36-19-43(12-13-43)22-52(36)38(55)21-48-42(56)57-3/h5-7,9-11,16-18,20,23,27-28,36,39H,4,8,12-15,19,21-22H2,1-3H3,(H,47,51)(H,48,56)(H,49,50)/t27-,28+,36-,39-/m0/s1. The van der Waals surface area contributed by atoms with Crippen molar-refractivity contribution in [1.29, 1.82) is 0 Å². The van der Waals surface area contributed by atoms with Gasteiger partial charge in [-0.15, -0.1) is 0 Å². The zero-order chi connectivity index (χ0) is 39.4. The lowest BCUT2D eigenvalue weighted by Crippen LogP contribution is -2.41. The van der Waals surface area contributed by atoms with Crippen LogP contribution in [0.1, 0.15) is 93.7 Å². The normalized spacial score (nSPS) is 23.4. The Labute approximate surface area is 328 Å². The summed E-state index contributed by atoms with van der Waals surface area (Å²) in [5.41, 5.74) is 5.06. The van der Waals surface area contributed by atoms with Crippen LogP contribution < -0.4 is 5.32 Å². The number of halogens is 2. The van der Waals surface area contributed by atoms with Gasteiger partial charge in [-0.3, -0.25) is 9.59 Å². The first-order valence-electron chi connectivity index (χ1n) is 20.1. The minimum absolute atomic E-state index is 0.0445. The number of H-pyrrole nitrogens is 2. The number of imidazole rings is 2. The number of aromatic nitrogens is 4. The van der Waals surface area contributed by atoms with Gasteiger partial charge < -0.3 is 29.8 Å². The number of rotatable bonds is 8. The van der Waals surface area contributed by atoms with Crippen LogP contribution in [0.2, 0.25) is 0 Å². The Bertz CT molecular complexity index is 2470. The van der Waals surface area contributed by atoms with Gasteiger partial charge in [-0.25, -0.2) is 14.8 Å². The van der Waals surface area contributed by atoms with E-state index >= 15 is 8.78 Å². The maximum atomic E-state index is 16.5. The van der Waals surface area contributed by atoms with E-state index in [-0.39, 0.29) is 58.9 Å². The lowest BCUT2D eigenvalue weighted by atomic mass is 9.97. The summed E-state index contributed by atoms with van der Waals surface area (Å²) in [7, 11) is 1.25. The number of methoxy groups -OCH3 is 1. The molecule has 3 aromatic carbocycles. The number of alkyl carbamates (subject to hydrolysis) is 1. The summed E-state index contributed by atoms with van der Waals surface area (Å²) >= 11 is 0. The van der Waals surface area contributed by atoms with Crippen molar-refractivity contribution in [3.8, 4) is 33.5 Å². The Morgan fingerprint density at radius 2 is 1.65 bits per heavy atom. The number of amides is 3. The fourth-order valence-electron chi connectivity index (χ4n) is 10.1. The number of carbonyl (C=O) groups is 3. The van der Waals surface area contributed by atoms with Crippen LogP contribution in [0.15, 0.2) is 60.8 Å². The van der Waals surface area contributed by atoms with Gasteiger partial charge in [-0.05, 0) is 102 Å². The molecule has 3 amide bonds. The molecule has 5 aromatic rings. The van der Waals surface area contributed by atoms with Crippen LogP contribution in [0.25, 0.3) is 44.5 Å². The number of nitrogens with zero attached hydrogens (tertiary/aromatic N) is 4. The highest BCUT2D eigenvalue weighted by atomic mass is 19.3. The van der Waals surface area contributed by atoms with Crippen molar-refractivity contribution in [2.24, 2.45) is 17.3 Å². The molecule has 2 saturated carbocycles. The number of hydrogen-bond donors (Lipinski definition) is 3. The zero-order valence-electron chi connectivity index (χ0n) is 32.2. The average molecular weight is 774 g/mol. The molecule has 3 N–H and O–H groups in total. The lowest BCUT2D eigenvalue weighted by Gasteiger charge is -2.34. The predicted octanol–water partition coefficient (Wildman–Crippen LogP) is 8.25. The molecule has 2 bridgehead atoms. The summed E-state index contributed by atoms with van der Waals surface area (Å²) in [5.74, 6) is -1.23. The molecule has 3 aliphatic carbocycles. The molecule has 10 rings (SSSR count). The number of carbonyl (C=O) groups excluding carboxylic acids is 3. The van der Waals surface area contributed by atoms with Crippen LogP contribution in [0.4, 0.5) is 13.6 Å². The van der Waals surface area contributed by atoms with Crippen LogP contribution in [-0.4, -0.2) is 73.9 Å². The van der Waals surface area contributed by atoms with Gasteiger partial charge in [-0.2, -0.15) is 8.78 Å². The van der Waals surface area contributed by atoms with Crippen molar-refractivity contribution in [1.82, 2.24) is 35.1 Å². The van der Waals surface area contributed by atoms with E-state index in [9.17, 15) is 14.4 Å². The summed E-state index contributed by atoms with van der Waals surface area (Å²) in [6.45, 7) is 4.54. The molecule has 1 spiro atoms. The van der Waals surface area contributed by atoms with Crippen LogP contribution in [0, 0.1) is 17.3 Å². The minimum atomic E-state index is -3.24. The van der Waals surface area contributed by atoms with Crippen molar-refractivity contribution >= 4 is 28.9 Å². The van der Waals surface area contributed by atoms with Gasteiger partial charge in [-0.1, -0.05) is 44.2 Å². The number of nitrogens with one attached hydrogen (secondary N) is 3. The molecular formula is C44H45F2N7O4. The summed E-state index contributed by atoms with van der Waals surface area (Å²) < 4.78 is 37.6. The number of piperidine rings is 1. The summed E-state index contributed by atoms with van der Waals surface area (Å²) in [4.78, 5) is 58.5. The number of alkyl halides is 2. The molecule has 2 aliphatic heterocycles. The van der Waals surface area contributed by atoms with Gasteiger partial charge in [0.1, 0.15) is 18.2 Å². The van der Waals surface area contributed by atoms with Gasteiger partial charge in [0.05, 0.1) is 35.9 Å². The van der Waals surface area contributed by atoms with Gasteiger partial charge in [0.2, 0.25) is 11.8 Å². The molecule has 5 aliphatic rings. The molecule has 57 heavy (non-hydrogen) atoms. The molecule has 2 aromatic heterocycles. The largest absolute Gasteiger partial charge is 0.453 e. The molecule has 4 fully saturated rings. The van der Waals surface area contributed by atoms with Crippen molar-refractivity contribution in [3.63, 3.8) is 0 Å². The van der Waals surface area contributed by atoms with Crippen molar-refractivity contribution < 1.29 is 27.9 Å². The highest BCUT2D eigenvalue weighted by molar-refractivity contribution is 5.87. The Morgan fingerprint density at radius 3 is 2.39 bits per heavy atom. The molecule has 11 nitrogen and oxygen atoms in total. The molecular weight excluding hydrogens is 729 g/mol. The maximum absolute atomic E-state index is 16.5. The van der Waals surface area contributed by atoms with E-state index in [1.807, 2.05) is 30.3 Å². The Hall–Kier alpha value is -5.59. The Balaban J connectivity index is 0.901. The highest BCUT2D eigenvalue weighted by Crippen LogP contribution is 2.58. The second-order valence-electron chi connectivity index (χ2n) is 17.3. The molecule has 0 unspecified atom stereocenters. The van der Waals surface area contributed by atoms with E-state index in [4.69, 9.17) is 9.97 Å². The van der Waals surface area contributed by atoms with E-state index in [0.29, 0.717) is 52.7 Å². The molecule has 294 valence electrons. The van der Waals surface area contributed by atoms with E-state index in [1.165, 1.54) is 13.2 Å². The number of ether oxygens (including phenoxy) is 1. The second kappa shape index (κ2) is 13.0. The van der Waals surface area contributed by atoms with Gasteiger partial charge in [0.15, 0.2) is 0 Å². The first kappa shape index (κ1) is 35.8. The summed E-state index contributed by atoms with van der Waals surface area (Å²) in [6, 6.07) is 16.0. The number of benzene rings is 3. The summed E-state index contributed by atoms with van der Waals surface area (Å²) in [6.07, 6.45) is 7.47. The first-order chi connectivity index (χ1) is 27.4. The smallest absolute Gasteiger partial charge is 0.407 e. The summed E-state index contributed by atoms with van der Waals surface area (Å²) in [5, 5.41) is 2.47. The van der Waals surface area contributed by atoms with Crippen LogP contribution in [0.5, 0.6) is 0 Å².